The van der Waals surface area contributed by atoms with E-state index in [1.807, 2.05) is 84.9 Å². The number of hydrogen-bond acceptors (Lipinski definition) is 2. The van der Waals surface area contributed by atoms with Gasteiger partial charge in [0.1, 0.15) is 4.99 Å². The maximum Gasteiger partial charge on any atom is 2.00 e. The van der Waals surface area contributed by atoms with Gasteiger partial charge in [0, 0.05) is 5.56 Å². The zero-order chi connectivity index (χ0) is 14.8. The quantitative estimate of drug-likeness (QED) is 0.253. The van der Waals surface area contributed by atoms with Gasteiger partial charge in [0.15, 0.2) is 0 Å². The van der Waals surface area contributed by atoms with E-state index in [1.54, 1.807) is 6.21 Å². The zero-order valence-electron chi connectivity index (χ0n) is 11.9. The molecule has 0 heterocycles. The fourth-order valence-corrected chi connectivity index (χ4v) is 1.80. The van der Waals surface area contributed by atoms with Crippen LogP contribution in [0.25, 0.3) is 0 Å². The van der Waals surface area contributed by atoms with Crippen molar-refractivity contribution in [2.75, 3.05) is 0 Å². The summed E-state index contributed by atoms with van der Waals surface area (Å²) in [6.07, 6.45) is 1.75. The third-order valence-corrected chi connectivity index (χ3v) is 2.99. The largest absolute Gasteiger partial charge is 2.00 e. The van der Waals surface area contributed by atoms with E-state index in [0.717, 1.165) is 11.1 Å². The van der Waals surface area contributed by atoms with E-state index in [4.69, 9.17) is 12.2 Å². The van der Waals surface area contributed by atoms with E-state index in [2.05, 4.69) is 10.5 Å². The van der Waals surface area contributed by atoms with Crippen molar-refractivity contribution >= 4 is 23.4 Å². The Hall–Kier alpha value is -2.00. The normalized spacial score (nSPS) is 9.45. The molecule has 3 aromatic carbocycles. The van der Waals surface area contributed by atoms with Crippen molar-refractivity contribution in [3.63, 3.8) is 0 Å². The molecule has 0 atom stereocenters. The molecule has 3 rings (SSSR count). The van der Waals surface area contributed by atoms with E-state index in [1.165, 1.54) is 0 Å². The first kappa shape index (κ1) is 18.0. The van der Waals surface area contributed by atoms with Crippen LogP contribution in [-0.2, 0) is 17.1 Å². The van der Waals surface area contributed by atoms with Gasteiger partial charge >= 0.3 is 17.1 Å². The molecule has 0 amide bonds. The van der Waals surface area contributed by atoms with Crippen LogP contribution in [0.3, 0.4) is 0 Å². The second-order valence-corrected chi connectivity index (χ2v) is 4.65. The molecule has 0 aliphatic heterocycles. The molecule has 3 aromatic rings. The molecule has 0 saturated heterocycles. The number of nitrogens with zero attached hydrogens (tertiary/aromatic N) is 1. The van der Waals surface area contributed by atoms with Crippen molar-refractivity contribution in [1.29, 1.82) is 0 Å². The van der Waals surface area contributed by atoms with Crippen LogP contribution in [0.15, 0.2) is 90.0 Å². The summed E-state index contributed by atoms with van der Waals surface area (Å²) in [4.78, 5) is 0.628. The SMILES string of the molecule is S=C(NN=C[c-]1cccc1)c1ccccc1.[Fe+2].c1cc[cH-]c1. The van der Waals surface area contributed by atoms with E-state index in [9.17, 15) is 0 Å². The van der Waals surface area contributed by atoms with Crippen molar-refractivity contribution in [2.24, 2.45) is 5.10 Å². The maximum atomic E-state index is 5.19. The summed E-state index contributed by atoms with van der Waals surface area (Å²) in [5.41, 5.74) is 4.87. The van der Waals surface area contributed by atoms with Gasteiger partial charge in [0.2, 0.25) is 0 Å². The first-order valence-corrected chi connectivity index (χ1v) is 7.04. The molecule has 1 N–H and O–H groups in total. The van der Waals surface area contributed by atoms with Gasteiger partial charge in [0.25, 0.3) is 0 Å². The standard InChI is InChI=1S/C13H11N2S.C5H5.Fe/c16-13(12-8-2-1-3-9-12)15-14-10-11-6-4-5-7-11;1-2-4-5-3-1;/h1-10H,(H,15,16);1-5H;/q2*-1;+2. The Morgan fingerprint density at radius 3 is 2.18 bits per heavy atom. The molecule has 0 aliphatic carbocycles. The monoisotopic (exact) mass is 348 g/mol. The van der Waals surface area contributed by atoms with Gasteiger partial charge in [-0.05, 0) is 6.21 Å². The molecule has 112 valence electrons. The van der Waals surface area contributed by atoms with Crippen LogP contribution in [-0.4, -0.2) is 11.2 Å². The van der Waals surface area contributed by atoms with Crippen LogP contribution < -0.4 is 5.43 Å². The van der Waals surface area contributed by atoms with Crippen molar-refractivity contribution in [3.05, 3.63) is 96.1 Å². The van der Waals surface area contributed by atoms with Crippen molar-refractivity contribution < 1.29 is 17.1 Å². The smallest absolute Gasteiger partial charge is 0.268 e. The number of benzene rings is 1. The van der Waals surface area contributed by atoms with Gasteiger partial charge in [-0.25, -0.2) is 24.3 Å². The average Bonchev–Trinajstić information content (AvgIpc) is 3.24. The first-order valence-electron chi connectivity index (χ1n) is 6.63. The van der Waals surface area contributed by atoms with Crippen LogP contribution >= 0.6 is 12.2 Å². The Morgan fingerprint density at radius 2 is 1.64 bits per heavy atom. The molecule has 22 heavy (non-hydrogen) atoms. The topological polar surface area (TPSA) is 24.4 Å². The maximum absolute atomic E-state index is 5.19. The Labute approximate surface area is 147 Å². The summed E-state index contributed by atoms with van der Waals surface area (Å²) >= 11 is 5.19. The summed E-state index contributed by atoms with van der Waals surface area (Å²) < 4.78 is 0. The third kappa shape index (κ3) is 6.63. The molecule has 0 unspecified atom stereocenters. The van der Waals surface area contributed by atoms with Crippen LogP contribution in [0, 0.1) is 0 Å². The van der Waals surface area contributed by atoms with Gasteiger partial charge in [-0.15, -0.1) is 5.56 Å². The third-order valence-electron chi connectivity index (χ3n) is 2.66. The fraction of sp³-hybridized carbons (Fsp3) is 0. The predicted octanol–water partition coefficient (Wildman–Crippen LogP) is 4.11. The van der Waals surface area contributed by atoms with Crippen molar-refractivity contribution in [3.8, 4) is 0 Å². The Bertz CT molecular complexity index is 627. The second-order valence-electron chi connectivity index (χ2n) is 4.25. The molecule has 0 radical (unpaired) electrons. The molecule has 0 aromatic heterocycles. The van der Waals surface area contributed by atoms with E-state index in [0.29, 0.717) is 4.99 Å². The van der Waals surface area contributed by atoms with E-state index < -0.39 is 0 Å². The number of thiocarbonyl (C=S) groups is 1. The van der Waals surface area contributed by atoms with E-state index >= 15 is 0 Å². The number of hydrazone groups is 1. The minimum absolute atomic E-state index is 0. The Balaban J connectivity index is 0.000000344. The van der Waals surface area contributed by atoms with Gasteiger partial charge in [0.05, 0.1) is 0 Å². The van der Waals surface area contributed by atoms with Crippen LogP contribution in [0.4, 0.5) is 0 Å². The summed E-state index contributed by atoms with van der Waals surface area (Å²) in [5.74, 6) is 0. The van der Waals surface area contributed by atoms with Crippen LogP contribution in [0.5, 0.6) is 0 Å². The molecule has 0 aliphatic rings. The number of rotatable bonds is 3. The van der Waals surface area contributed by atoms with E-state index in [-0.39, 0.29) is 17.1 Å². The molecular weight excluding hydrogens is 332 g/mol. The van der Waals surface area contributed by atoms with Gasteiger partial charge in [-0.2, -0.15) is 35.4 Å². The molecule has 0 fully saturated rings. The zero-order valence-corrected chi connectivity index (χ0v) is 13.8. The fourth-order valence-electron chi connectivity index (χ4n) is 1.62. The van der Waals surface area contributed by atoms with Gasteiger partial charge in [-0.1, -0.05) is 42.5 Å². The van der Waals surface area contributed by atoms with Crippen LogP contribution in [0.2, 0.25) is 0 Å². The van der Waals surface area contributed by atoms with Gasteiger partial charge in [-0.3, -0.25) is 5.43 Å². The van der Waals surface area contributed by atoms with Gasteiger partial charge < -0.3 is 0 Å². The van der Waals surface area contributed by atoms with Crippen molar-refractivity contribution in [2.45, 2.75) is 0 Å². The second kappa shape index (κ2) is 10.7. The number of hydrogen-bond donors (Lipinski definition) is 1. The summed E-state index contributed by atoms with van der Waals surface area (Å²) in [5, 5.41) is 4.07. The molecule has 4 heteroatoms. The molecule has 0 saturated carbocycles. The summed E-state index contributed by atoms with van der Waals surface area (Å²) in [7, 11) is 0. The summed E-state index contributed by atoms with van der Waals surface area (Å²) in [6, 6.07) is 27.7. The molecular formula is C18H16FeN2S. The predicted molar refractivity (Wildman–Crippen MR) is 92.9 cm³/mol. The minimum atomic E-state index is 0. The summed E-state index contributed by atoms with van der Waals surface area (Å²) in [6.45, 7) is 0. The first-order chi connectivity index (χ1) is 10.4. The minimum Gasteiger partial charge on any atom is -0.268 e. The molecule has 0 spiro atoms. The Morgan fingerprint density at radius 1 is 1.00 bits per heavy atom. The van der Waals surface area contributed by atoms with Crippen molar-refractivity contribution in [1.82, 2.24) is 5.43 Å². The number of nitrogens with one attached hydrogen (secondary N) is 1. The molecule has 2 nitrogen and oxygen atoms in total. The van der Waals surface area contributed by atoms with Crippen LogP contribution in [0.1, 0.15) is 11.1 Å². The Kier molecular flexibility index (Phi) is 8.77. The average molecular weight is 348 g/mol. The molecule has 0 bridgehead atoms.